The summed E-state index contributed by atoms with van der Waals surface area (Å²) in [5.41, 5.74) is 3.69. The molecule has 0 aliphatic carbocycles. The second kappa shape index (κ2) is 11.4. The summed E-state index contributed by atoms with van der Waals surface area (Å²) in [5.74, 6) is -0.512. The molecule has 1 saturated heterocycles. The van der Waals surface area contributed by atoms with Crippen molar-refractivity contribution in [1.29, 1.82) is 0 Å². The molecule has 0 bridgehead atoms. The van der Waals surface area contributed by atoms with Crippen LogP contribution in [0.4, 0.5) is 10.5 Å². The fourth-order valence-electron chi connectivity index (χ4n) is 4.48. The fourth-order valence-corrected chi connectivity index (χ4v) is 5.06. The Morgan fingerprint density at radius 1 is 0.875 bits per heavy atom. The van der Waals surface area contributed by atoms with Gasteiger partial charge in [-0.05, 0) is 106 Å². The first-order chi connectivity index (χ1) is 19.2. The number of barbiturate groups is 1. The summed E-state index contributed by atoms with van der Waals surface area (Å²) in [5, 5.41) is 4.55. The third-order valence-electron chi connectivity index (χ3n) is 6.69. The van der Waals surface area contributed by atoms with E-state index in [4.69, 9.17) is 9.47 Å². The Morgan fingerprint density at radius 2 is 1.65 bits per heavy atom. The van der Waals surface area contributed by atoms with E-state index in [1.165, 1.54) is 6.08 Å². The molecule has 7 nitrogen and oxygen atoms in total. The number of halogens is 1. The van der Waals surface area contributed by atoms with Crippen LogP contribution in [0.5, 0.6) is 11.5 Å². The number of amides is 4. The lowest BCUT2D eigenvalue weighted by Gasteiger charge is -2.27. The van der Waals surface area contributed by atoms with Gasteiger partial charge in [-0.2, -0.15) is 0 Å². The first-order valence-corrected chi connectivity index (χ1v) is 13.6. The van der Waals surface area contributed by atoms with Gasteiger partial charge in [0.05, 0.1) is 16.8 Å². The van der Waals surface area contributed by atoms with E-state index in [1.54, 1.807) is 24.3 Å². The number of carbonyl (C=O) groups excluding carboxylic acids is 3. The lowest BCUT2D eigenvalue weighted by molar-refractivity contribution is -0.122. The minimum atomic E-state index is -0.788. The Morgan fingerprint density at radius 3 is 2.40 bits per heavy atom. The van der Waals surface area contributed by atoms with Crippen LogP contribution in [0.2, 0.25) is 0 Å². The van der Waals surface area contributed by atoms with Crippen molar-refractivity contribution in [2.75, 3.05) is 11.5 Å². The van der Waals surface area contributed by atoms with Crippen LogP contribution in [0.3, 0.4) is 0 Å². The average Bonchev–Trinajstić information content (AvgIpc) is 2.92. The second-order valence-corrected chi connectivity index (χ2v) is 10.3. The van der Waals surface area contributed by atoms with Crippen molar-refractivity contribution in [3.05, 3.63) is 105 Å². The molecule has 0 aromatic heterocycles. The molecule has 0 unspecified atom stereocenters. The van der Waals surface area contributed by atoms with Crippen molar-refractivity contribution in [2.45, 2.75) is 27.4 Å². The van der Waals surface area contributed by atoms with E-state index >= 15 is 0 Å². The van der Waals surface area contributed by atoms with Gasteiger partial charge < -0.3 is 9.47 Å². The minimum Gasteiger partial charge on any atom is -0.490 e. The zero-order chi connectivity index (χ0) is 28.4. The summed E-state index contributed by atoms with van der Waals surface area (Å²) < 4.78 is 12.6. The zero-order valence-electron chi connectivity index (χ0n) is 22.3. The average molecular weight is 599 g/mol. The molecule has 0 radical (unpaired) electrons. The largest absolute Gasteiger partial charge is 0.490 e. The van der Waals surface area contributed by atoms with E-state index in [1.807, 2.05) is 45.0 Å². The fraction of sp³-hybridized carbons (Fsp3) is 0.156. The summed E-state index contributed by atoms with van der Waals surface area (Å²) in [6.07, 6.45) is 1.44. The van der Waals surface area contributed by atoms with Crippen LogP contribution in [0.15, 0.2) is 82.8 Å². The number of nitrogens with one attached hydrogen (secondary N) is 1. The number of hydrogen-bond donors (Lipinski definition) is 1. The molecule has 4 amide bonds. The van der Waals surface area contributed by atoms with Crippen molar-refractivity contribution in [1.82, 2.24) is 5.32 Å². The number of fused-ring (bicyclic) bond motifs is 1. The molecule has 1 fully saturated rings. The maximum absolute atomic E-state index is 13.4. The molecule has 40 heavy (non-hydrogen) atoms. The van der Waals surface area contributed by atoms with E-state index in [0.29, 0.717) is 40.4 Å². The third kappa shape index (κ3) is 5.49. The SMILES string of the molecule is CCOc1cc(/C=C2\C(=O)NC(=O)N(c3ccc(C)c(C)c3)C2=O)cc(Br)c1OCc1ccc2ccccc2c1. The van der Waals surface area contributed by atoms with Crippen molar-refractivity contribution < 1.29 is 23.9 Å². The van der Waals surface area contributed by atoms with E-state index in [9.17, 15) is 14.4 Å². The topological polar surface area (TPSA) is 84.9 Å². The smallest absolute Gasteiger partial charge is 0.335 e. The van der Waals surface area contributed by atoms with E-state index in [2.05, 4.69) is 45.5 Å². The predicted octanol–water partition coefficient (Wildman–Crippen LogP) is 6.86. The molecule has 0 saturated carbocycles. The van der Waals surface area contributed by atoms with Gasteiger partial charge in [-0.3, -0.25) is 14.9 Å². The first-order valence-electron chi connectivity index (χ1n) is 12.8. The Balaban J connectivity index is 1.44. The number of ether oxygens (including phenoxy) is 2. The molecular formula is C32H27BrN2O5. The summed E-state index contributed by atoms with van der Waals surface area (Å²) in [4.78, 5) is 39.7. The van der Waals surface area contributed by atoms with Crippen molar-refractivity contribution in [3.63, 3.8) is 0 Å². The molecule has 1 N–H and O–H groups in total. The quantitative estimate of drug-likeness (QED) is 0.185. The number of imide groups is 2. The van der Waals surface area contributed by atoms with Gasteiger partial charge in [0, 0.05) is 0 Å². The van der Waals surface area contributed by atoms with E-state index in [0.717, 1.165) is 32.4 Å². The molecule has 4 aromatic carbocycles. The van der Waals surface area contributed by atoms with Crippen LogP contribution in [0.25, 0.3) is 16.8 Å². The van der Waals surface area contributed by atoms with Crippen LogP contribution in [-0.2, 0) is 16.2 Å². The molecule has 5 rings (SSSR count). The zero-order valence-corrected chi connectivity index (χ0v) is 23.9. The lowest BCUT2D eigenvalue weighted by Crippen LogP contribution is -2.54. The van der Waals surface area contributed by atoms with Crippen molar-refractivity contribution in [3.8, 4) is 11.5 Å². The highest BCUT2D eigenvalue weighted by Crippen LogP contribution is 2.38. The molecule has 1 aliphatic heterocycles. The maximum Gasteiger partial charge on any atom is 0.335 e. The molecule has 1 heterocycles. The van der Waals surface area contributed by atoms with Gasteiger partial charge in [-0.1, -0.05) is 42.5 Å². The van der Waals surface area contributed by atoms with Gasteiger partial charge in [0.15, 0.2) is 11.5 Å². The summed E-state index contributed by atoms with van der Waals surface area (Å²) in [7, 11) is 0. The Kier molecular flexibility index (Phi) is 7.71. The van der Waals surface area contributed by atoms with E-state index < -0.39 is 17.8 Å². The molecule has 4 aromatic rings. The summed E-state index contributed by atoms with van der Waals surface area (Å²) >= 11 is 3.56. The molecule has 202 valence electrons. The van der Waals surface area contributed by atoms with Crippen molar-refractivity contribution in [2.24, 2.45) is 0 Å². The highest BCUT2D eigenvalue weighted by molar-refractivity contribution is 9.10. The number of benzene rings is 4. The number of hydrogen-bond acceptors (Lipinski definition) is 5. The molecule has 0 atom stereocenters. The summed E-state index contributed by atoms with van der Waals surface area (Å²) in [6, 6.07) is 22.2. The predicted molar refractivity (Wildman–Crippen MR) is 159 cm³/mol. The number of anilines is 1. The van der Waals surface area contributed by atoms with Crippen LogP contribution in [0.1, 0.15) is 29.2 Å². The van der Waals surface area contributed by atoms with Gasteiger partial charge in [0.1, 0.15) is 12.2 Å². The van der Waals surface area contributed by atoms with Gasteiger partial charge in [-0.25, -0.2) is 9.69 Å². The van der Waals surface area contributed by atoms with Gasteiger partial charge in [0.2, 0.25) is 0 Å². The standard InChI is InChI=1S/C32H27BrN2O5/c1-4-39-28-17-22(16-27(33)29(28)40-18-21-10-11-23-7-5-6-8-24(23)14-21)15-26-30(36)34-32(38)35(31(26)37)25-12-9-19(2)20(3)13-25/h5-17H,4,18H2,1-3H3,(H,34,36,38)/b26-15+. The normalized spacial score (nSPS) is 14.6. The number of nitrogens with zero attached hydrogens (tertiary/aromatic N) is 1. The van der Waals surface area contributed by atoms with E-state index in [-0.39, 0.29) is 5.57 Å². The van der Waals surface area contributed by atoms with Crippen LogP contribution in [0, 0.1) is 13.8 Å². The molecule has 1 aliphatic rings. The van der Waals surface area contributed by atoms with Gasteiger partial charge in [-0.15, -0.1) is 0 Å². The van der Waals surface area contributed by atoms with Crippen molar-refractivity contribution >= 4 is 56.3 Å². The Bertz CT molecular complexity index is 1690. The number of aryl methyl sites for hydroxylation is 2. The Labute approximate surface area is 240 Å². The van der Waals surface area contributed by atoms with Gasteiger partial charge >= 0.3 is 6.03 Å². The monoisotopic (exact) mass is 598 g/mol. The highest BCUT2D eigenvalue weighted by atomic mass is 79.9. The third-order valence-corrected chi connectivity index (χ3v) is 7.28. The number of urea groups is 1. The molecule has 8 heteroatoms. The first kappa shape index (κ1) is 27.1. The highest BCUT2D eigenvalue weighted by Gasteiger charge is 2.37. The van der Waals surface area contributed by atoms with Crippen LogP contribution >= 0.6 is 15.9 Å². The van der Waals surface area contributed by atoms with Crippen LogP contribution < -0.4 is 19.7 Å². The van der Waals surface area contributed by atoms with Crippen LogP contribution in [-0.4, -0.2) is 24.5 Å². The number of rotatable bonds is 7. The molecule has 0 spiro atoms. The summed E-state index contributed by atoms with van der Waals surface area (Å²) in [6.45, 7) is 6.39. The number of carbonyl (C=O) groups is 3. The lowest BCUT2D eigenvalue weighted by atomic mass is 10.0. The second-order valence-electron chi connectivity index (χ2n) is 9.46. The maximum atomic E-state index is 13.4. The molecular weight excluding hydrogens is 572 g/mol. The minimum absolute atomic E-state index is 0.169. The van der Waals surface area contributed by atoms with Gasteiger partial charge in [0.25, 0.3) is 11.8 Å². The Hall–Kier alpha value is -4.43.